The molecule has 0 N–H and O–H groups in total. The molecular formula is C18H10Cl2N2O2. The molecule has 0 aliphatic heterocycles. The Labute approximate surface area is 149 Å². The molecule has 0 aliphatic rings. The summed E-state index contributed by atoms with van der Waals surface area (Å²) >= 11 is 12.1. The first-order valence-corrected chi connectivity index (χ1v) is 7.53. The summed E-state index contributed by atoms with van der Waals surface area (Å²) < 4.78 is 5.29. The molecule has 0 saturated carbocycles. The third-order valence-corrected chi connectivity index (χ3v) is 3.70. The van der Waals surface area contributed by atoms with Crippen molar-refractivity contribution in [3.05, 3.63) is 69.2 Å². The Morgan fingerprint density at radius 2 is 1.75 bits per heavy atom. The molecule has 0 bridgehead atoms. The predicted octanol–water partition coefficient (Wildman–Crippen LogP) is 4.69. The topological polar surface area (TPSA) is 73.9 Å². The molecule has 0 amide bonds. The lowest BCUT2D eigenvalue weighted by atomic mass is 10.0. The van der Waals surface area contributed by atoms with Gasteiger partial charge in [0.1, 0.15) is 23.5 Å². The van der Waals surface area contributed by atoms with E-state index >= 15 is 0 Å². The van der Waals surface area contributed by atoms with E-state index in [9.17, 15) is 10.1 Å². The van der Waals surface area contributed by atoms with Gasteiger partial charge in [-0.2, -0.15) is 10.5 Å². The highest BCUT2D eigenvalue weighted by Crippen LogP contribution is 2.28. The van der Waals surface area contributed by atoms with E-state index in [1.54, 1.807) is 30.3 Å². The number of nitriles is 2. The van der Waals surface area contributed by atoms with Crippen LogP contribution in [0, 0.1) is 22.7 Å². The molecule has 0 aromatic heterocycles. The molecule has 6 heteroatoms. The number of halogens is 2. The Morgan fingerprint density at radius 3 is 2.38 bits per heavy atom. The van der Waals surface area contributed by atoms with Gasteiger partial charge in [-0.05, 0) is 24.3 Å². The van der Waals surface area contributed by atoms with Crippen molar-refractivity contribution in [3.8, 4) is 17.9 Å². The number of hydrogen-bond acceptors (Lipinski definition) is 4. The fourth-order valence-electron chi connectivity index (χ4n) is 1.99. The summed E-state index contributed by atoms with van der Waals surface area (Å²) in [6, 6.07) is 15.2. The first-order valence-electron chi connectivity index (χ1n) is 6.77. The zero-order valence-electron chi connectivity index (χ0n) is 12.3. The molecule has 118 valence electrons. The first-order chi connectivity index (χ1) is 11.6. The number of carbonyl (C=O) groups excluding carboxylic acids is 1. The second-order valence-electron chi connectivity index (χ2n) is 4.58. The number of nitrogens with zero attached hydrogens (tertiary/aromatic N) is 2. The van der Waals surface area contributed by atoms with Gasteiger partial charge >= 0.3 is 0 Å². The second-order valence-corrected chi connectivity index (χ2v) is 5.39. The Kier molecular flexibility index (Phi) is 5.98. The summed E-state index contributed by atoms with van der Waals surface area (Å²) in [5.41, 5.74) is 0.433. The number of ketones is 1. The predicted molar refractivity (Wildman–Crippen MR) is 91.9 cm³/mol. The van der Waals surface area contributed by atoms with Crippen LogP contribution in [0.5, 0.6) is 5.75 Å². The minimum absolute atomic E-state index is 0.0732. The molecule has 0 atom stereocenters. The summed E-state index contributed by atoms with van der Waals surface area (Å²) in [5.74, 6) is -0.187. The van der Waals surface area contributed by atoms with Crippen molar-refractivity contribution in [2.75, 3.05) is 6.61 Å². The number of carbonyl (C=O) groups is 1. The summed E-state index contributed by atoms with van der Waals surface area (Å²) in [5, 5.41) is 18.3. The van der Waals surface area contributed by atoms with E-state index in [-0.39, 0.29) is 27.8 Å². The molecule has 0 unspecified atom stereocenters. The zero-order chi connectivity index (χ0) is 17.5. The molecule has 0 fully saturated rings. The van der Waals surface area contributed by atoms with Crippen molar-refractivity contribution in [2.45, 2.75) is 0 Å². The molecule has 0 saturated heterocycles. The molecule has 24 heavy (non-hydrogen) atoms. The van der Waals surface area contributed by atoms with Crippen LogP contribution in [0.3, 0.4) is 0 Å². The number of hydrogen-bond donors (Lipinski definition) is 0. The Bertz CT molecular complexity index is 872. The maximum Gasteiger partial charge on any atom is 0.206 e. The van der Waals surface area contributed by atoms with Crippen LogP contribution in [0.2, 0.25) is 10.0 Å². The van der Waals surface area contributed by atoms with Crippen LogP contribution in [-0.4, -0.2) is 12.4 Å². The van der Waals surface area contributed by atoms with Gasteiger partial charge in [-0.3, -0.25) is 4.79 Å². The standard InChI is InChI=1S/C18H10Cl2N2O2/c19-14-5-3-6-15(20)17(14)18(23)13(11-22)10-12-4-1-2-7-16(12)24-9-8-21/h1-7,10H,9H2/b13-10+. The Morgan fingerprint density at radius 1 is 1.08 bits per heavy atom. The fraction of sp³-hybridized carbons (Fsp3) is 0.0556. The van der Waals surface area contributed by atoms with E-state index in [4.69, 9.17) is 33.2 Å². The lowest BCUT2D eigenvalue weighted by Crippen LogP contribution is -2.04. The van der Waals surface area contributed by atoms with E-state index in [2.05, 4.69) is 0 Å². The van der Waals surface area contributed by atoms with E-state index in [1.807, 2.05) is 12.1 Å². The van der Waals surface area contributed by atoms with Crippen LogP contribution in [0.1, 0.15) is 15.9 Å². The van der Waals surface area contributed by atoms with Crippen LogP contribution in [0.15, 0.2) is 48.0 Å². The van der Waals surface area contributed by atoms with Crippen molar-refractivity contribution in [1.29, 1.82) is 10.5 Å². The molecule has 0 aliphatic carbocycles. The molecule has 0 radical (unpaired) electrons. The van der Waals surface area contributed by atoms with Crippen LogP contribution in [0.25, 0.3) is 6.08 Å². The van der Waals surface area contributed by atoms with Gasteiger partial charge in [-0.25, -0.2) is 0 Å². The Hall–Kier alpha value is -2.79. The highest BCUT2D eigenvalue weighted by Gasteiger charge is 2.19. The summed E-state index contributed by atoms with van der Waals surface area (Å²) in [6.45, 7) is -0.142. The van der Waals surface area contributed by atoms with Gasteiger partial charge in [0.15, 0.2) is 6.61 Å². The number of ether oxygens (including phenoxy) is 1. The van der Waals surface area contributed by atoms with E-state index in [0.717, 1.165) is 0 Å². The zero-order valence-corrected chi connectivity index (χ0v) is 13.8. The summed E-state index contributed by atoms with van der Waals surface area (Å²) in [7, 11) is 0. The maximum absolute atomic E-state index is 12.6. The van der Waals surface area contributed by atoms with E-state index < -0.39 is 5.78 Å². The third kappa shape index (κ3) is 3.94. The molecule has 4 nitrogen and oxygen atoms in total. The largest absolute Gasteiger partial charge is 0.478 e. The molecule has 0 spiro atoms. The van der Waals surface area contributed by atoms with E-state index in [0.29, 0.717) is 11.3 Å². The highest BCUT2D eigenvalue weighted by molar-refractivity contribution is 6.41. The van der Waals surface area contributed by atoms with Gasteiger partial charge in [0.25, 0.3) is 0 Å². The van der Waals surface area contributed by atoms with Crippen LogP contribution in [-0.2, 0) is 0 Å². The van der Waals surface area contributed by atoms with Gasteiger partial charge in [0.05, 0.1) is 15.6 Å². The van der Waals surface area contributed by atoms with Crippen LogP contribution < -0.4 is 4.74 Å². The van der Waals surface area contributed by atoms with E-state index in [1.165, 1.54) is 18.2 Å². The molecule has 2 rings (SSSR count). The number of rotatable bonds is 5. The van der Waals surface area contributed by atoms with Crippen LogP contribution in [0.4, 0.5) is 0 Å². The number of allylic oxidation sites excluding steroid dienone is 1. The molecule has 2 aromatic rings. The van der Waals surface area contributed by atoms with Crippen molar-refractivity contribution in [2.24, 2.45) is 0 Å². The number of para-hydroxylation sites is 1. The molecule has 0 heterocycles. The maximum atomic E-state index is 12.6. The number of Topliss-reactive ketones (excluding diaryl/α,β-unsaturated/α-hetero) is 1. The monoisotopic (exact) mass is 356 g/mol. The first kappa shape index (κ1) is 17.6. The lowest BCUT2D eigenvalue weighted by Gasteiger charge is -2.07. The summed E-state index contributed by atoms with van der Waals surface area (Å²) in [4.78, 5) is 12.6. The van der Waals surface area contributed by atoms with Crippen LogP contribution >= 0.6 is 23.2 Å². The summed E-state index contributed by atoms with van der Waals surface area (Å²) in [6.07, 6.45) is 1.38. The average molecular weight is 357 g/mol. The molecular weight excluding hydrogens is 347 g/mol. The number of benzene rings is 2. The van der Waals surface area contributed by atoms with Crippen molar-refractivity contribution in [1.82, 2.24) is 0 Å². The van der Waals surface area contributed by atoms with Gasteiger partial charge < -0.3 is 4.74 Å². The molecule has 2 aromatic carbocycles. The van der Waals surface area contributed by atoms with Crippen molar-refractivity contribution < 1.29 is 9.53 Å². The third-order valence-electron chi connectivity index (χ3n) is 3.07. The van der Waals surface area contributed by atoms with Gasteiger partial charge in [0, 0.05) is 5.56 Å². The van der Waals surface area contributed by atoms with Crippen molar-refractivity contribution in [3.63, 3.8) is 0 Å². The normalized spacial score (nSPS) is 10.6. The quantitative estimate of drug-likeness (QED) is 0.442. The smallest absolute Gasteiger partial charge is 0.206 e. The minimum Gasteiger partial charge on any atom is -0.478 e. The van der Waals surface area contributed by atoms with Crippen molar-refractivity contribution >= 4 is 35.1 Å². The van der Waals surface area contributed by atoms with Gasteiger partial charge in [-0.15, -0.1) is 0 Å². The fourth-order valence-corrected chi connectivity index (χ4v) is 2.56. The Balaban J connectivity index is 2.46. The van der Waals surface area contributed by atoms with Gasteiger partial charge in [-0.1, -0.05) is 47.5 Å². The van der Waals surface area contributed by atoms with Gasteiger partial charge in [0.2, 0.25) is 5.78 Å². The highest BCUT2D eigenvalue weighted by atomic mass is 35.5. The minimum atomic E-state index is -0.580. The second kappa shape index (κ2) is 8.17. The lowest BCUT2D eigenvalue weighted by molar-refractivity contribution is 0.104. The SMILES string of the molecule is N#CCOc1ccccc1/C=C(\C#N)C(=O)c1c(Cl)cccc1Cl. The average Bonchev–Trinajstić information content (AvgIpc) is 2.58.